The standard InChI is InChI=1S/C38H33Cl2F2N3O5/c39-37-19-28-25(13-14-26-30(28)34(48)44(33(26)47)24-15-17-43(18-16-24)20-21-5-2-1-3-6-21)31(27-7-4-8-29(42)32(27)46)38(37,40)36(50)45(35(37)49)23-11-9-22(41)10-12-23/h1-13,24,26,28,30-31,46H,14-20H2. The number of para-hydroxylation sites is 1. The molecule has 12 heteroatoms. The minimum atomic E-state index is -2.27. The van der Waals surface area contributed by atoms with E-state index in [2.05, 4.69) is 17.0 Å². The van der Waals surface area contributed by atoms with E-state index in [0.29, 0.717) is 31.5 Å². The number of likely N-dealkylation sites (tertiary alicyclic amines) is 2. The van der Waals surface area contributed by atoms with Crippen LogP contribution in [0.5, 0.6) is 5.75 Å². The molecule has 3 aliphatic heterocycles. The maximum absolute atomic E-state index is 15.0. The highest BCUT2D eigenvalue weighted by Crippen LogP contribution is 2.66. The molecular weight excluding hydrogens is 687 g/mol. The van der Waals surface area contributed by atoms with Gasteiger partial charge < -0.3 is 5.11 Å². The lowest BCUT2D eigenvalue weighted by atomic mass is 9.56. The van der Waals surface area contributed by atoms with Crippen molar-refractivity contribution in [2.45, 2.75) is 53.9 Å². The third kappa shape index (κ3) is 4.71. The summed E-state index contributed by atoms with van der Waals surface area (Å²) in [5.41, 5.74) is 1.59. The molecular formula is C38H33Cl2F2N3O5. The second-order valence-electron chi connectivity index (χ2n) is 14.0. The number of benzene rings is 3. The van der Waals surface area contributed by atoms with Crippen LogP contribution in [0.1, 0.15) is 42.7 Å². The molecule has 0 radical (unpaired) electrons. The van der Waals surface area contributed by atoms with Gasteiger partial charge in [-0.25, -0.2) is 13.7 Å². The number of hydrogen-bond acceptors (Lipinski definition) is 6. The first kappa shape index (κ1) is 33.0. The molecule has 0 aromatic heterocycles. The molecule has 1 saturated carbocycles. The van der Waals surface area contributed by atoms with Gasteiger partial charge in [0.15, 0.2) is 21.3 Å². The van der Waals surface area contributed by atoms with Crippen LogP contribution < -0.4 is 4.90 Å². The number of halogens is 4. The second kappa shape index (κ2) is 12.0. The molecule has 4 amide bonds. The molecule has 5 aliphatic rings. The lowest BCUT2D eigenvalue weighted by Gasteiger charge is -2.50. The SMILES string of the molecule is O=C1C2CC=C3C(CC4(Cl)C(=O)N(c5ccc(F)cc5)C(=O)C4(Cl)C3c3cccc(F)c3O)C2C(=O)N1C1CCN(Cc2ccccc2)CC1. The predicted octanol–water partition coefficient (Wildman–Crippen LogP) is 5.90. The predicted molar refractivity (Wildman–Crippen MR) is 181 cm³/mol. The third-order valence-corrected chi connectivity index (χ3v) is 12.8. The molecule has 8 rings (SSSR count). The van der Waals surface area contributed by atoms with Crippen molar-refractivity contribution in [3.05, 3.63) is 107 Å². The van der Waals surface area contributed by atoms with Crippen LogP contribution in [0.2, 0.25) is 0 Å². The Morgan fingerprint density at radius 3 is 2.22 bits per heavy atom. The highest BCUT2D eigenvalue weighted by molar-refractivity contribution is 6.58. The molecule has 0 spiro atoms. The molecule has 4 fully saturated rings. The highest BCUT2D eigenvalue weighted by Gasteiger charge is 2.77. The third-order valence-electron chi connectivity index (χ3n) is 11.4. The first-order valence-corrected chi connectivity index (χ1v) is 17.5. The lowest BCUT2D eigenvalue weighted by molar-refractivity contribution is -0.144. The van der Waals surface area contributed by atoms with Crippen LogP contribution in [-0.2, 0) is 25.7 Å². The van der Waals surface area contributed by atoms with Gasteiger partial charge in [-0.05, 0) is 67.5 Å². The van der Waals surface area contributed by atoms with Crippen LogP contribution in [0.25, 0.3) is 0 Å². The number of hydrogen-bond donors (Lipinski definition) is 1. The van der Waals surface area contributed by atoms with Crippen molar-refractivity contribution in [2.75, 3.05) is 18.0 Å². The molecule has 8 nitrogen and oxygen atoms in total. The topological polar surface area (TPSA) is 98.2 Å². The van der Waals surface area contributed by atoms with Crippen molar-refractivity contribution >= 4 is 52.5 Å². The average Bonchev–Trinajstić information content (AvgIpc) is 3.45. The minimum absolute atomic E-state index is 0.0322. The molecule has 258 valence electrons. The fourth-order valence-corrected chi connectivity index (χ4v) is 10.00. The molecule has 0 bridgehead atoms. The number of carbonyl (C=O) groups is 4. The Morgan fingerprint density at radius 2 is 1.52 bits per heavy atom. The number of piperidine rings is 1. The zero-order valence-corrected chi connectivity index (χ0v) is 28.3. The largest absolute Gasteiger partial charge is 0.505 e. The first-order valence-electron chi connectivity index (χ1n) is 16.8. The molecule has 1 N–H and O–H groups in total. The van der Waals surface area contributed by atoms with E-state index >= 15 is 0 Å². The molecule has 3 aromatic rings. The van der Waals surface area contributed by atoms with Crippen LogP contribution in [-0.4, -0.2) is 67.4 Å². The Labute approximate surface area is 297 Å². The number of imide groups is 2. The van der Waals surface area contributed by atoms with Crippen molar-refractivity contribution in [3.8, 4) is 5.75 Å². The number of anilines is 1. The number of aromatic hydroxyl groups is 1. The van der Waals surface area contributed by atoms with Crippen LogP contribution in [0.15, 0.2) is 84.4 Å². The van der Waals surface area contributed by atoms with Crippen molar-refractivity contribution in [2.24, 2.45) is 17.8 Å². The smallest absolute Gasteiger partial charge is 0.258 e. The van der Waals surface area contributed by atoms with Crippen molar-refractivity contribution in [1.82, 2.24) is 9.80 Å². The van der Waals surface area contributed by atoms with Crippen LogP contribution in [0.3, 0.4) is 0 Å². The summed E-state index contributed by atoms with van der Waals surface area (Å²) in [5.74, 6) is -8.55. The number of allylic oxidation sites excluding steroid dienone is 2. The van der Waals surface area contributed by atoms with Crippen molar-refractivity contribution in [3.63, 3.8) is 0 Å². The minimum Gasteiger partial charge on any atom is -0.505 e. The van der Waals surface area contributed by atoms with Gasteiger partial charge in [-0.3, -0.25) is 29.0 Å². The quantitative estimate of drug-likeness (QED) is 0.201. The summed E-state index contributed by atoms with van der Waals surface area (Å²) in [7, 11) is 0. The van der Waals surface area contributed by atoms with Gasteiger partial charge in [0, 0.05) is 37.2 Å². The van der Waals surface area contributed by atoms with E-state index in [9.17, 15) is 33.1 Å². The number of phenols is 1. The van der Waals surface area contributed by atoms with Gasteiger partial charge in [-0.15, -0.1) is 23.2 Å². The van der Waals surface area contributed by atoms with Gasteiger partial charge >= 0.3 is 0 Å². The molecule has 6 unspecified atom stereocenters. The number of alkyl halides is 2. The Kier molecular flexibility index (Phi) is 7.93. The van der Waals surface area contributed by atoms with Crippen LogP contribution in [0, 0.1) is 29.4 Å². The number of amides is 4. The Hall–Kier alpha value is -4.12. The molecule has 3 heterocycles. The van der Waals surface area contributed by atoms with E-state index < -0.39 is 62.6 Å². The summed E-state index contributed by atoms with van der Waals surface area (Å²) in [4.78, 5) is 57.3. The summed E-state index contributed by atoms with van der Waals surface area (Å²) >= 11 is 14.6. The van der Waals surface area contributed by atoms with Crippen LogP contribution in [0.4, 0.5) is 14.5 Å². The fraction of sp³-hybridized carbons (Fsp3) is 0.368. The highest BCUT2D eigenvalue weighted by atomic mass is 35.5. The Bertz CT molecular complexity index is 1950. The zero-order chi connectivity index (χ0) is 35.1. The van der Waals surface area contributed by atoms with Gasteiger partial charge in [0.1, 0.15) is 5.82 Å². The van der Waals surface area contributed by atoms with Crippen LogP contribution >= 0.6 is 23.2 Å². The first-order chi connectivity index (χ1) is 24.0. The maximum atomic E-state index is 15.0. The second-order valence-corrected chi connectivity index (χ2v) is 15.2. The number of rotatable bonds is 5. The van der Waals surface area contributed by atoms with Gasteiger partial charge in [0.2, 0.25) is 11.8 Å². The van der Waals surface area contributed by atoms with Gasteiger partial charge in [-0.2, -0.15) is 0 Å². The molecule has 6 atom stereocenters. The van der Waals surface area contributed by atoms with Gasteiger partial charge in [-0.1, -0.05) is 54.1 Å². The number of carbonyl (C=O) groups excluding carboxylic acids is 4. The molecule has 3 saturated heterocycles. The maximum Gasteiger partial charge on any atom is 0.258 e. The monoisotopic (exact) mass is 719 g/mol. The summed E-state index contributed by atoms with van der Waals surface area (Å²) < 4.78 is 28.8. The fourth-order valence-electron chi connectivity index (χ4n) is 9.07. The van der Waals surface area contributed by atoms with E-state index in [0.717, 1.165) is 29.6 Å². The normalized spacial score (nSPS) is 31.5. The van der Waals surface area contributed by atoms with E-state index in [1.165, 1.54) is 34.7 Å². The van der Waals surface area contributed by atoms with Gasteiger partial charge in [0.25, 0.3) is 11.8 Å². The van der Waals surface area contributed by atoms with E-state index in [4.69, 9.17) is 23.2 Å². The van der Waals surface area contributed by atoms with E-state index in [1.54, 1.807) is 6.08 Å². The number of fused-ring (bicyclic) bond motifs is 4. The summed E-state index contributed by atoms with van der Waals surface area (Å²) in [6.45, 7) is 2.18. The van der Waals surface area contributed by atoms with Crippen molar-refractivity contribution in [1.29, 1.82) is 0 Å². The summed E-state index contributed by atoms with van der Waals surface area (Å²) in [6, 6.07) is 18.3. The molecule has 3 aromatic carbocycles. The zero-order valence-electron chi connectivity index (χ0n) is 26.8. The number of phenolic OH excluding ortho intramolecular Hbond substituents is 1. The number of nitrogens with zero attached hydrogens (tertiary/aromatic N) is 3. The lowest BCUT2D eigenvalue weighted by Crippen LogP contribution is -2.60. The Balaban J connectivity index is 1.16. The average molecular weight is 721 g/mol. The van der Waals surface area contributed by atoms with Crippen molar-refractivity contribution < 1.29 is 33.1 Å². The molecule has 2 aliphatic carbocycles. The Morgan fingerprint density at radius 1 is 0.820 bits per heavy atom. The van der Waals surface area contributed by atoms with E-state index in [1.807, 2.05) is 18.2 Å². The van der Waals surface area contributed by atoms with E-state index in [-0.39, 0.29) is 41.9 Å². The summed E-state index contributed by atoms with van der Waals surface area (Å²) in [5, 5.41) is 11.0. The molecule has 50 heavy (non-hydrogen) atoms. The summed E-state index contributed by atoms with van der Waals surface area (Å²) in [6.07, 6.45) is 2.86. The van der Waals surface area contributed by atoms with Gasteiger partial charge in [0.05, 0.1) is 17.5 Å².